The molecule has 5 nitrogen and oxygen atoms in total. The van der Waals surface area contributed by atoms with Gasteiger partial charge in [0.2, 0.25) is 5.78 Å². The Morgan fingerprint density at radius 3 is 2.31 bits per heavy atom. The van der Waals surface area contributed by atoms with Crippen LogP contribution in [0.5, 0.6) is 11.5 Å². The van der Waals surface area contributed by atoms with Gasteiger partial charge < -0.3 is 14.2 Å². The van der Waals surface area contributed by atoms with E-state index in [-0.39, 0.29) is 11.3 Å². The molecular weight excluding hydrogens is 370 g/mol. The number of ether oxygens (including phenoxy) is 3. The van der Waals surface area contributed by atoms with Gasteiger partial charge in [-0.3, -0.25) is 4.79 Å². The first-order chi connectivity index (χ1) is 12.3. The van der Waals surface area contributed by atoms with E-state index in [4.69, 9.17) is 21.1 Å². The second kappa shape index (κ2) is 8.62. The number of ketones is 1. The Labute approximate surface area is 153 Å². The van der Waals surface area contributed by atoms with Gasteiger partial charge in [-0.1, -0.05) is 17.7 Å². The minimum Gasteiger partial charge on any atom is -0.493 e. The zero-order chi connectivity index (χ0) is 19.3. The van der Waals surface area contributed by atoms with Crippen LogP contribution in [0.15, 0.2) is 42.5 Å². The minimum absolute atomic E-state index is 0.0589. The van der Waals surface area contributed by atoms with Crippen molar-refractivity contribution >= 4 is 23.4 Å². The molecule has 0 heterocycles. The SMILES string of the molecule is COc1cccc(C(=O)OC(C)C(=O)c2ccc(Cl)cc2)c1OC(F)F. The lowest BCUT2D eigenvalue weighted by Gasteiger charge is -2.16. The summed E-state index contributed by atoms with van der Waals surface area (Å²) in [5, 5.41) is 0.455. The van der Waals surface area contributed by atoms with Crippen LogP contribution in [0.1, 0.15) is 27.6 Å². The van der Waals surface area contributed by atoms with Crippen molar-refractivity contribution in [1.82, 2.24) is 0 Å². The van der Waals surface area contributed by atoms with Crippen LogP contribution in [-0.2, 0) is 4.74 Å². The van der Waals surface area contributed by atoms with Gasteiger partial charge in [0.15, 0.2) is 17.6 Å². The first-order valence-corrected chi connectivity index (χ1v) is 7.84. The first-order valence-electron chi connectivity index (χ1n) is 7.46. The van der Waals surface area contributed by atoms with E-state index in [2.05, 4.69) is 4.74 Å². The Morgan fingerprint density at radius 2 is 1.73 bits per heavy atom. The topological polar surface area (TPSA) is 61.8 Å². The highest BCUT2D eigenvalue weighted by atomic mass is 35.5. The summed E-state index contributed by atoms with van der Waals surface area (Å²) in [6.07, 6.45) is -1.14. The number of rotatable bonds is 7. The largest absolute Gasteiger partial charge is 0.493 e. The summed E-state index contributed by atoms with van der Waals surface area (Å²) in [7, 11) is 1.25. The number of esters is 1. The normalized spacial score (nSPS) is 11.8. The molecule has 1 unspecified atom stereocenters. The van der Waals surface area contributed by atoms with E-state index in [0.29, 0.717) is 10.6 Å². The molecule has 2 aromatic rings. The third-order valence-electron chi connectivity index (χ3n) is 3.41. The summed E-state index contributed by atoms with van der Waals surface area (Å²) in [5.41, 5.74) is 0.0183. The quantitative estimate of drug-likeness (QED) is 0.523. The standard InChI is InChI=1S/C18H15ClF2O5/c1-10(15(22)11-6-8-12(19)9-7-11)25-17(23)13-4-3-5-14(24-2)16(13)26-18(20)21/h3-10,18H,1-2H3. The van der Waals surface area contributed by atoms with E-state index >= 15 is 0 Å². The molecule has 2 rings (SSSR count). The molecule has 0 saturated heterocycles. The molecule has 0 amide bonds. The summed E-state index contributed by atoms with van der Waals surface area (Å²) < 4.78 is 39.7. The summed E-state index contributed by atoms with van der Waals surface area (Å²) in [6, 6.07) is 10.1. The maximum Gasteiger partial charge on any atom is 0.387 e. The van der Waals surface area contributed by atoms with Gasteiger partial charge in [0.1, 0.15) is 5.56 Å². The Balaban J connectivity index is 2.21. The molecule has 1 atom stereocenters. The van der Waals surface area contributed by atoms with Crippen molar-refractivity contribution in [2.75, 3.05) is 7.11 Å². The molecule has 26 heavy (non-hydrogen) atoms. The van der Waals surface area contributed by atoms with Gasteiger partial charge in [-0.05, 0) is 43.3 Å². The molecule has 0 aliphatic heterocycles. The van der Waals surface area contributed by atoms with Crippen LogP contribution in [0.3, 0.4) is 0 Å². The van der Waals surface area contributed by atoms with E-state index in [1.54, 1.807) is 0 Å². The molecule has 0 aliphatic rings. The van der Waals surface area contributed by atoms with Crippen LogP contribution in [0.4, 0.5) is 8.78 Å². The zero-order valence-electron chi connectivity index (χ0n) is 13.9. The maximum atomic E-state index is 12.6. The highest BCUT2D eigenvalue weighted by Crippen LogP contribution is 2.33. The highest BCUT2D eigenvalue weighted by molar-refractivity contribution is 6.30. The zero-order valence-corrected chi connectivity index (χ0v) is 14.6. The van der Waals surface area contributed by atoms with Gasteiger partial charge in [-0.25, -0.2) is 4.79 Å². The predicted molar refractivity (Wildman–Crippen MR) is 90.3 cm³/mol. The fraction of sp³-hybridized carbons (Fsp3) is 0.222. The molecule has 138 valence electrons. The fourth-order valence-electron chi connectivity index (χ4n) is 2.17. The van der Waals surface area contributed by atoms with Gasteiger partial charge in [-0.15, -0.1) is 0 Å². The average Bonchev–Trinajstić information content (AvgIpc) is 2.61. The maximum absolute atomic E-state index is 12.6. The van der Waals surface area contributed by atoms with Crippen molar-refractivity contribution in [2.24, 2.45) is 0 Å². The lowest BCUT2D eigenvalue weighted by molar-refractivity contribution is -0.0519. The molecule has 0 saturated carbocycles. The average molecular weight is 385 g/mol. The van der Waals surface area contributed by atoms with Gasteiger partial charge in [0, 0.05) is 10.6 Å². The number of carbonyl (C=O) groups excluding carboxylic acids is 2. The van der Waals surface area contributed by atoms with E-state index in [9.17, 15) is 18.4 Å². The Kier molecular flexibility index (Phi) is 6.52. The first kappa shape index (κ1) is 19.7. The highest BCUT2D eigenvalue weighted by Gasteiger charge is 2.25. The number of carbonyl (C=O) groups is 2. The van der Waals surface area contributed by atoms with Gasteiger partial charge in [0.25, 0.3) is 0 Å². The summed E-state index contributed by atoms with van der Waals surface area (Å²) >= 11 is 5.76. The third-order valence-corrected chi connectivity index (χ3v) is 3.66. The van der Waals surface area contributed by atoms with Crippen molar-refractivity contribution in [1.29, 1.82) is 0 Å². The summed E-state index contributed by atoms with van der Waals surface area (Å²) in [5.74, 6) is -1.97. The number of halogens is 3. The van der Waals surface area contributed by atoms with Crippen molar-refractivity contribution in [3.63, 3.8) is 0 Å². The van der Waals surface area contributed by atoms with Crippen LogP contribution in [0.25, 0.3) is 0 Å². The van der Waals surface area contributed by atoms with Crippen molar-refractivity contribution < 1.29 is 32.6 Å². The molecule has 0 radical (unpaired) electrons. The molecule has 0 aromatic heterocycles. The van der Waals surface area contributed by atoms with Crippen molar-refractivity contribution in [3.8, 4) is 11.5 Å². The van der Waals surface area contributed by atoms with Crippen LogP contribution >= 0.6 is 11.6 Å². The monoisotopic (exact) mass is 384 g/mol. The molecule has 0 bridgehead atoms. The molecule has 8 heteroatoms. The van der Waals surface area contributed by atoms with Crippen LogP contribution in [0, 0.1) is 0 Å². The number of methoxy groups -OCH3 is 1. The van der Waals surface area contributed by atoms with E-state index in [0.717, 1.165) is 0 Å². The Bertz CT molecular complexity index is 793. The van der Waals surface area contributed by atoms with Crippen molar-refractivity contribution in [2.45, 2.75) is 19.6 Å². The second-order valence-corrected chi connectivity index (χ2v) is 5.57. The summed E-state index contributed by atoms with van der Waals surface area (Å²) in [4.78, 5) is 24.7. The molecule has 0 aliphatic carbocycles. The van der Waals surface area contributed by atoms with E-state index in [1.165, 1.54) is 56.5 Å². The number of benzene rings is 2. The number of Topliss-reactive ketones (excluding diaryl/α,β-unsaturated/α-hetero) is 1. The smallest absolute Gasteiger partial charge is 0.387 e. The summed E-state index contributed by atoms with van der Waals surface area (Å²) in [6.45, 7) is -1.78. The van der Waals surface area contributed by atoms with Crippen LogP contribution in [0.2, 0.25) is 5.02 Å². The van der Waals surface area contributed by atoms with E-state index < -0.39 is 30.2 Å². The second-order valence-electron chi connectivity index (χ2n) is 5.13. The number of hydrogen-bond donors (Lipinski definition) is 0. The molecule has 0 spiro atoms. The molecule has 0 fully saturated rings. The van der Waals surface area contributed by atoms with Gasteiger partial charge in [0.05, 0.1) is 7.11 Å². The van der Waals surface area contributed by atoms with Crippen LogP contribution in [-0.4, -0.2) is 31.6 Å². The fourth-order valence-corrected chi connectivity index (χ4v) is 2.30. The van der Waals surface area contributed by atoms with Crippen molar-refractivity contribution in [3.05, 3.63) is 58.6 Å². The molecule has 2 aromatic carbocycles. The third kappa shape index (κ3) is 4.70. The number of para-hydroxylation sites is 1. The minimum atomic E-state index is -3.16. The predicted octanol–water partition coefficient (Wildman–Crippen LogP) is 4.38. The number of hydrogen-bond acceptors (Lipinski definition) is 5. The Morgan fingerprint density at radius 1 is 1.08 bits per heavy atom. The molecular formula is C18H15ClF2O5. The molecule has 0 N–H and O–H groups in total. The lowest BCUT2D eigenvalue weighted by atomic mass is 10.1. The number of alkyl halides is 2. The van der Waals surface area contributed by atoms with Gasteiger partial charge in [-0.2, -0.15) is 8.78 Å². The van der Waals surface area contributed by atoms with Crippen LogP contribution < -0.4 is 9.47 Å². The Hall–Kier alpha value is -2.67. The van der Waals surface area contributed by atoms with Gasteiger partial charge >= 0.3 is 12.6 Å². The van der Waals surface area contributed by atoms with E-state index in [1.807, 2.05) is 0 Å². The lowest BCUT2D eigenvalue weighted by Crippen LogP contribution is -2.25.